The van der Waals surface area contributed by atoms with Crippen molar-refractivity contribution in [2.45, 2.75) is 19.4 Å². The van der Waals surface area contributed by atoms with Gasteiger partial charge < -0.3 is 15.1 Å². The molecule has 2 N–H and O–H groups in total. The largest absolute Gasteiger partial charge is 0.439 e. The van der Waals surface area contributed by atoms with Crippen LogP contribution in [0.25, 0.3) is 11.1 Å². The fraction of sp³-hybridized carbons (Fsp3) is 0.235. The van der Waals surface area contributed by atoms with Crippen LogP contribution < -0.4 is 10.6 Å². The number of para-hydroxylation sites is 1. The molecule has 4 heteroatoms. The first-order valence-corrected chi connectivity index (χ1v) is 7.27. The van der Waals surface area contributed by atoms with Crippen molar-refractivity contribution in [2.24, 2.45) is 0 Å². The summed E-state index contributed by atoms with van der Waals surface area (Å²) in [5, 5.41) is 0. The molecule has 0 bridgehead atoms. The number of nitrogens with two attached hydrogens (primary N) is 1. The van der Waals surface area contributed by atoms with Gasteiger partial charge in [0.1, 0.15) is 5.52 Å². The molecule has 106 valence electrons. The molecule has 1 aromatic heterocycles. The number of fused-ring (bicyclic) bond motifs is 2. The summed E-state index contributed by atoms with van der Waals surface area (Å²) in [5.41, 5.74) is 10.8. The van der Waals surface area contributed by atoms with E-state index in [1.165, 1.54) is 17.7 Å². The van der Waals surface area contributed by atoms with Crippen LogP contribution in [0.3, 0.4) is 0 Å². The Bertz CT molecular complexity index is 794. The second kappa shape index (κ2) is 4.81. The Morgan fingerprint density at radius 3 is 3.05 bits per heavy atom. The Labute approximate surface area is 123 Å². The third kappa shape index (κ3) is 2.23. The van der Waals surface area contributed by atoms with Crippen LogP contribution in [0.1, 0.15) is 17.9 Å². The summed E-state index contributed by atoms with van der Waals surface area (Å²) in [6.07, 6.45) is 2.32. The highest BCUT2D eigenvalue weighted by Gasteiger charge is 2.18. The van der Waals surface area contributed by atoms with Crippen molar-refractivity contribution >= 4 is 22.5 Å². The Balaban J connectivity index is 1.66. The van der Waals surface area contributed by atoms with E-state index >= 15 is 0 Å². The van der Waals surface area contributed by atoms with Crippen LogP contribution in [0.2, 0.25) is 0 Å². The Hall–Kier alpha value is -2.49. The summed E-state index contributed by atoms with van der Waals surface area (Å²) >= 11 is 0. The molecule has 1 aliphatic rings. The monoisotopic (exact) mass is 279 g/mol. The Morgan fingerprint density at radius 1 is 1.19 bits per heavy atom. The third-order valence-corrected chi connectivity index (χ3v) is 3.99. The molecule has 4 nitrogen and oxygen atoms in total. The molecule has 0 fully saturated rings. The number of nitrogens with zero attached hydrogens (tertiary/aromatic N) is 2. The summed E-state index contributed by atoms with van der Waals surface area (Å²) in [5.74, 6) is 0.743. The average molecular weight is 279 g/mol. The maximum absolute atomic E-state index is 5.83. The van der Waals surface area contributed by atoms with E-state index in [2.05, 4.69) is 34.1 Å². The van der Waals surface area contributed by atoms with E-state index in [1.54, 1.807) is 0 Å². The predicted molar refractivity (Wildman–Crippen MR) is 84.2 cm³/mol. The first-order valence-electron chi connectivity index (χ1n) is 7.27. The fourth-order valence-corrected chi connectivity index (χ4v) is 3.00. The second-order valence-electron chi connectivity index (χ2n) is 5.49. The quantitative estimate of drug-likeness (QED) is 0.731. The molecular formula is C17H17N3O. The average Bonchev–Trinajstić information content (AvgIpc) is 2.89. The number of hydrogen-bond acceptors (Lipinski definition) is 4. The van der Waals surface area contributed by atoms with Gasteiger partial charge >= 0.3 is 0 Å². The minimum atomic E-state index is 0.700. The number of rotatable bonds is 2. The molecule has 2 heterocycles. The van der Waals surface area contributed by atoms with Gasteiger partial charge in [-0.1, -0.05) is 18.2 Å². The lowest BCUT2D eigenvalue weighted by molar-refractivity contribution is 0.513. The van der Waals surface area contributed by atoms with Crippen LogP contribution in [-0.2, 0) is 13.0 Å². The second-order valence-corrected chi connectivity index (χ2v) is 5.49. The maximum atomic E-state index is 5.83. The molecule has 2 aromatic carbocycles. The van der Waals surface area contributed by atoms with Crippen LogP contribution in [0.4, 0.5) is 11.4 Å². The zero-order valence-corrected chi connectivity index (χ0v) is 11.7. The number of aromatic nitrogens is 1. The number of aryl methyl sites for hydroxylation is 1. The lowest BCUT2D eigenvalue weighted by atomic mass is 10.0. The van der Waals surface area contributed by atoms with Crippen LogP contribution in [0, 0.1) is 0 Å². The molecule has 0 radical (unpaired) electrons. The highest BCUT2D eigenvalue weighted by Crippen LogP contribution is 2.28. The summed E-state index contributed by atoms with van der Waals surface area (Å²) < 4.78 is 5.83. The van der Waals surface area contributed by atoms with Crippen molar-refractivity contribution in [2.75, 3.05) is 17.2 Å². The van der Waals surface area contributed by atoms with Crippen molar-refractivity contribution < 1.29 is 4.42 Å². The van der Waals surface area contributed by atoms with Gasteiger partial charge in [-0.25, -0.2) is 4.98 Å². The highest BCUT2D eigenvalue weighted by atomic mass is 16.3. The topological polar surface area (TPSA) is 55.3 Å². The lowest BCUT2D eigenvalue weighted by Crippen LogP contribution is -2.28. The molecule has 0 saturated heterocycles. The Kier molecular flexibility index (Phi) is 2.81. The zero-order chi connectivity index (χ0) is 14.2. The summed E-state index contributed by atoms with van der Waals surface area (Å²) in [6.45, 7) is 1.74. The van der Waals surface area contributed by atoms with Gasteiger partial charge in [0.25, 0.3) is 0 Å². The van der Waals surface area contributed by atoms with E-state index < -0.39 is 0 Å². The number of benzene rings is 2. The molecule has 4 rings (SSSR count). The van der Waals surface area contributed by atoms with Crippen molar-refractivity contribution in [3.63, 3.8) is 0 Å². The van der Waals surface area contributed by atoms with E-state index in [1.807, 2.05) is 18.2 Å². The molecule has 3 aromatic rings. The van der Waals surface area contributed by atoms with Gasteiger partial charge in [0, 0.05) is 24.0 Å². The molecule has 1 aliphatic heterocycles. The number of oxazole rings is 1. The van der Waals surface area contributed by atoms with Crippen molar-refractivity contribution in [1.82, 2.24) is 4.98 Å². The van der Waals surface area contributed by atoms with Crippen LogP contribution in [0.15, 0.2) is 46.9 Å². The minimum absolute atomic E-state index is 0.700. The van der Waals surface area contributed by atoms with Gasteiger partial charge in [-0.15, -0.1) is 0 Å². The van der Waals surface area contributed by atoms with Crippen molar-refractivity contribution in [1.29, 1.82) is 0 Å². The third-order valence-electron chi connectivity index (χ3n) is 3.99. The standard InChI is InChI=1S/C17H17N3O/c18-13-7-8-14-16(10-13)21-17(19-14)11-20-9-3-5-12-4-1-2-6-15(12)20/h1-2,4,6-8,10H,3,5,9,11,18H2. The SMILES string of the molecule is Nc1ccc2nc(CN3CCCc4ccccc43)oc2c1. The van der Waals surface area contributed by atoms with Gasteiger partial charge in [-0.05, 0) is 36.6 Å². The molecule has 0 saturated carbocycles. The highest BCUT2D eigenvalue weighted by molar-refractivity contribution is 5.76. The minimum Gasteiger partial charge on any atom is -0.439 e. The number of anilines is 2. The molecule has 0 aliphatic carbocycles. The first kappa shape index (κ1) is 12.3. The lowest BCUT2D eigenvalue weighted by Gasteiger charge is -2.30. The summed E-state index contributed by atoms with van der Waals surface area (Å²) in [4.78, 5) is 6.90. The summed E-state index contributed by atoms with van der Waals surface area (Å²) in [7, 11) is 0. The fourth-order valence-electron chi connectivity index (χ4n) is 3.00. The van der Waals surface area contributed by atoms with Gasteiger partial charge in [-0.2, -0.15) is 0 Å². The van der Waals surface area contributed by atoms with Gasteiger partial charge in [0.15, 0.2) is 5.58 Å². The van der Waals surface area contributed by atoms with Crippen LogP contribution in [0.5, 0.6) is 0 Å². The molecule has 0 unspecified atom stereocenters. The maximum Gasteiger partial charge on any atom is 0.215 e. The zero-order valence-electron chi connectivity index (χ0n) is 11.7. The van der Waals surface area contributed by atoms with Gasteiger partial charge in [-0.3, -0.25) is 0 Å². The van der Waals surface area contributed by atoms with E-state index in [0.29, 0.717) is 12.2 Å². The first-order chi connectivity index (χ1) is 10.3. The van der Waals surface area contributed by atoms with Crippen LogP contribution in [-0.4, -0.2) is 11.5 Å². The van der Waals surface area contributed by atoms with E-state index in [0.717, 1.165) is 30.0 Å². The molecule has 0 spiro atoms. The van der Waals surface area contributed by atoms with E-state index in [4.69, 9.17) is 10.2 Å². The van der Waals surface area contributed by atoms with Gasteiger partial charge in [0.05, 0.1) is 6.54 Å². The number of nitrogen functional groups attached to an aromatic ring is 1. The van der Waals surface area contributed by atoms with E-state index in [9.17, 15) is 0 Å². The van der Waals surface area contributed by atoms with Crippen molar-refractivity contribution in [3.05, 3.63) is 53.9 Å². The normalized spacial score (nSPS) is 14.4. The van der Waals surface area contributed by atoms with Crippen LogP contribution >= 0.6 is 0 Å². The molecule has 0 atom stereocenters. The summed E-state index contributed by atoms with van der Waals surface area (Å²) in [6, 6.07) is 14.2. The van der Waals surface area contributed by atoms with E-state index in [-0.39, 0.29) is 0 Å². The van der Waals surface area contributed by atoms with Crippen molar-refractivity contribution in [3.8, 4) is 0 Å². The molecule has 21 heavy (non-hydrogen) atoms. The molecular weight excluding hydrogens is 262 g/mol. The van der Waals surface area contributed by atoms with Gasteiger partial charge in [0.2, 0.25) is 5.89 Å². The number of hydrogen-bond donors (Lipinski definition) is 1. The predicted octanol–water partition coefficient (Wildman–Crippen LogP) is 3.36. The smallest absolute Gasteiger partial charge is 0.215 e. The molecule has 0 amide bonds. The Morgan fingerprint density at radius 2 is 2.10 bits per heavy atom.